The van der Waals surface area contributed by atoms with Crippen molar-refractivity contribution in [3.8, 4) is 39.5 Å². The minimum atomic E-state index is -2.37. The average molecular weight is 983 g/mol. The van der Waals surface area contributed by atoms with Gasteiger partial charge in [-0.1, -0.05) is 130 Å². The van der Waals surface area contributed by atoms with Crippen molar-refractivity contribution in [3.63, 3.8) is 0 Å². The first-order chi connectivity index (χ1) is 31.0. The molecular weight excluding hydrogens is 935 g/mol. The molecule has 305 valence electrons. The zero-order chi connectivity index (χ0) is 44.1. The van der Waals surface area contributed by atoms with Crippen LogP contribution in [0.5, 0.6) is 0 Å². The van der Waals surface area contributed by atoms with E-state index in [-0.39, 0.29) is 37.5 Å². The Kier molecular flexibility index (Phi) is 10.2. The van der Waals surface area contributed by atoms with Crippen molar-refractivity contribution < 1.29 is 28.6 Å². The average Bonchev–Trinajstić information content (AvgIpc) is 3.89. The van der Waals surface area contributed by atoms with Gasteiger partial charge in [0.15, 0.2) is 0 Å². The van der Waals surface area contributed by atoms with Crippen LogP contribution in [0.2, 0.25) is 0 Å². The van der Waals surface area contributed by atoms with E-state index in [0.29, 0.717) is 28.0 Å². The number of rotatable bonds is 6. The fourth-order valence-corrected chi connectivity index (χ4v) is 8.61. The van der Waals surface area contributed by atoms with Crippen molar-refractivity contribution in [1.29, 1.82) is 0 Å². The number of hydrogen-bond acceptors (Lipinski definition) is 3. The number of para-hydroxylation sites is 1. The largest absolute Gasteiger partial charge is 0.501 e. The summed E-state index contributed by atoms with van der Waals surface area (Å²) < 4.78 is 34.9. The van der Waals surface area contributed by atoms with Crippen LogP contribution in [0, 0.1) is 19.0 Å². The summed E-state index contributed by atoms with van der Waals surface area (Å²) in [4.78, 5) is 9.47. The van der Waals surface area contributed by atoms with Gasteiger partial charge in [-0.3, -0.25) is 4.98 Å². The Labute approximate surface area is 380 Å². The van der Waals surface area contributed by atoms with Gasteiger partial charge < -0.3 is 14.0 Å². The standard InChI is InChI=1S/C46H37N2O.C11H8N.Ir/c1-27(2)37-24-33(30-14-7-6-8-15-30)25-38(28(3)4)44(37)48-43-29(5)13-11-20-41(43)47-46(48)36-19-12-18-35-40-23-32-22-21-31-16-9-10-17-34(31)39(32)26-42(40)49-45(35)36;1-2-6-10(7-3-1)11-8-4-5-9-12-11;/h6-18,20-28H,1-5H3;1-6,8-9H;/q2*-1;/i5D3;;. The van der Waals surface area contributed by atoms with Crippen LogP contribution in [-0.2, 0) is 20.1 Å². The Bertz CT molecular complexity index is 3420. The second kappa shape index (κ2) is 17.0. The van der Waals surface area contributed by atoms with Crippen LogP contribution in [0.25, 0.3) is 94.0 Å². The summed E-state index contributed by atoms with van der Waals surface area (Å²) in [6, 6.07) is 61.7. The molecule has 3 heterocycles. The number of imidazole rings is 1. The van der Waals surface area contributed by atoms with Gasteiger partial charge >= 0.3 is 0 Å². The first kappa shape index (κ1) is 37.1. The zero-order valence-electron chi connectivity index (χ0n) is 37.9. The van der Waals surface area contributed by atoms with Gasteiger partial charge in [-0.25, -0.2) is 0 Å². The molecule has 3 aromatic heterocycles. The molecule has 11 rings (SSSR count). The molecule has 0 aliphatic heterocycles. The molecule has 11 aromatic rings. The molecule has 1 radical (unpaired) electrons. The van der Waals surface area contributed by atoms with Crippen molar-refractivity contribution in [2.24, 2.45) is 0 Å². The number of nitrogens with zero attached hydrogens (tertiary/aromatic N) is 3. The minimum Gasteiger partial charge on any atom is -0.501 e. The molecule has 0 N–H and O–H groups in total. The van der Waals surface area contributed by atoms with E-state index in [1.54, 1.807) is 18.3 Å². The molecule has 0 unspecified atom stereocenters. The maximum Gasteiger partial charge on any atom is 0.121 e. The molecule has 4 nitrogen and oxygen atoms in total. The normalized spacial score (nSPS) is 12.4. The topological polar surface area (TPSA) is 43.9 Å². The number of aryl methyl sites for hydroxylation is 1. The third-order valence-electron chi connectivity index (χ3n) is 11.6. The molecule has 0 aliphatic rings. The van der Waals surface area contributed by atoms with Crippen molar-refractivity contribution in [2.45, 2.75) is 46.4 Å². The summed E-state index contributed by atoms with van der Waals surface area (Å²) >= 11 is 0. The minimum absolute atomic E-state index is 0. The Morgan fingerprint density at radius 1 is 0.613 bits per heavy atom. The molecule has 0 spiro atoms. The molecular formula is C57H45IrN3O-2. The first-order valence-corrected chi connectivity index (χ1v) is 20.9. The van der Waals surface area contributed by atoms with E-state index >= 15 is 0 Å². The van der Waals surface area contributed by atoms with Crippen LogP contribution >= 0.6 is 0 Å². The first-order valence-electron chi connectivity index (χ1n) is 22.4. The van der Waals surface area contributed by atoms with Crippen molar-refractivity contribution >= 4 is 54.5 Å². The van der Waals surface area contributed by atoms with Crippen LogP contribution in [0.3, 0.4) is 0 Å². The number of aromatic nitrogens is 3. The number of fused-ring (bicyclic) bond motifs is 7. The Morgan fingerprint density at radius 2 is 1.37 bits per heavy atom. The summed E-state index contributed by atoms with van der Waals surface area (Å²) in [7, 11) is 0. The summed E-state index contributed by atoms with van der Waals surface area (Å²) in [5.74, 6) is 0.840. The van der Waals surface area contributed by atoms with Crippen molar-refractivity contribution in [3.05, 3.63) is 199 Å². The van der Waals surface area contributed by atoms with Gasteiger partial charge in [-0.15, -0.1) is 54.1 Å². The molecule has 0 atom stereocenters. The quantitative estimate of drug-likeness (QED) is 0.123. The SMILES string of the molecule is [2H]C([2H])([2H])c1cccc2nc(-c3[c-]ccc4c3oc3cc5c(ccc6ccccc65)cc34)n(-c3c(C(C)C)cc(-c4ccccc4)cc3C(C)C)c12.[Ir].[c-]1ccccc1-c1ccccn1. The van der Waals surface area contributed by atoms with E-state index in [1.807, 2.05) is 66.7 Å². The summed E-state index contributed by atoms with van der Waals surface area (Å²) in [6.45, 7) is 6.42. The van der Waals surface area contributed by atoms with Gasteiger partial charge in [-0.05, 0) is 110 Å². The van der Waals surface area contributed by atoms with Gasteiger partial charge in [0.25, 0.3) is 0 Å². The predicted octanol–water partition coefficient (Wildman–Crippen LogP) is 15.5. The smallest absolute Gasteiger partial charge is 0.121 e. The number of benzene rings is 8. The molecule has 5 heteroatoms. The Balaban J connectivity index is 0.000000355. The van der Waals surface area contributed by atoms with Crippen molar-refractivity contribution in [2.75, 3.05) is 0 Å². The van der Waals surface area contributed by atoms with Crippen LogP contribution in [0.1, 0.15) is 60.3 Å². The fraction of sp³-hybridized carbons (Fsp3) is 0.123. The summed E-state index contributed by atoms with van der Waals surface area (Å²) in [5.41, 5.74) is 11.0. The number of furan rings is 1. The van der Waals surface area contributed by atoms with E-state index < -0.39 is 6.85 Å². The van der Waals surface area contributed by atoms with Crippen molar-refractivity contribution in [1.82, 2.24) is 14.5 Å². The molecule has 0 amide bonds. The molecule has 0 aliphatic carbocycles. The van der Waals surface area contributed by atoms with Crippen LogP contribution in [-0.4, -0.2) is 14.5 Å². The molecule has 0 saturated carbocycles. The molecule has 8 aromatic carbocycles. The van der Waals surface area contributed by atoms with Gasteiger partial charge in [0, 0.05) is 41.5 Å². The van der Waals surface area contributed by atoms with Gasteiger partial charge in [0.1, 0.15) is 5.58 Å². The Morgan fingerprint density at radius 3 is 2.11 bits per heavy atom. The third-order valence-corrected chi connectivity index (χ3v) is 11.6. The molecule has 0 fully saturated rings. The van der Waals surface area contributed by atoms with E-state index in [9.17, 15) is 0 Å². The molecule has 62 heavy (non-hydrogen) atoms. The maximum absolute atomic E-state index is 8.65. The second-order valence-electron chi connectivity index (χ2n) is 16.2. The van der Waals surface area contributed by atoms with E-state index in [2.05, 4.69) is 134 Å². The third kappa shape index (κ3) is 7.32. The summed E-state index contributed by atoms with van der Waals surface area (Å²) in [5, 5.41) is 6.59. The van der Waals surface area contributed by atoms with E-state index in [0.717, 1.165) is 66.3 Å². The maximum atomic E-state index is 8.65. The molecule has 0 bridgehead atoms. The molecule has 0 saturated heterocycles. The van der Waals surface area contributed by atoms with Crippen LogP contribution in [0.4, 0.5) is 0 Å². The van der Waals surface area contributed by atoms with Gasteiger partial charge in [-0.2, -0.15) is 0 Å². The van der Waals surface area contributed by atoms with E-state index in [4.69, 9.17) is 13.5 Å². The Hall–Kier alpha value is -6.65. The van der Waals surface area contributed by atoms with E-state index in [1.165, 1.54) is 10.8 Å². The number of hydrogen-bond donors (Lipinski definition) is 0. The second-order valence-corrected chi connectivity index (χ2v) is 16.2. The predicted molar refractivity (Wildman–Crippen MR) is 254 cm³/mol. The monoisotopic (exact) mass is 983 g/mol. The van der Waals surface area contributed by atoms with Crippen LogP contribution < -0.4 is 0 Å². The fourth-order valence-electron chi connectivity index (χ4n) is 8.61. The van der Waals surface area contributed by atoms with Crippen LogP contribution in [0.15, 0.2) is 174 Å². The van der Waals surface area contributed by atoms with Gasteiger partial charge in [0.05, 0.1) is 22.4 Å². The zero-order valence-corrected chi connectivity index (χ0v) is 37.3. The van der Waals surface area contributed by atoms with Gasteiger partial charge in [0.2, 0.25) is 0 Å². The number of pyridine rings is 1. The summed E-state index contributed by atoms with van der Waals surface area (Å²) in [6.07, 6.45) is 1.79.